The minimum absolute atomic E-state index is 0.0231. The van der Waals surface area contributed by atoms with Crippen molar-refractivity contribution in [3.63, 3.8) is 0 Å². The Morgan fingerprint density at radius 1 is 1.03 bits per heavy atom. The Bertz CT molecular complexity index is 1740. The fourth-order valence-corrected chi connectivity index (χ4v) is 6.42. The molecule has 0 saturated carbocycles. The number of rotatable bonds is 6. The lowest BCUT2D eigenvalue weighted by Crippen LogP contribution is -2.15. The summed E-state index contributed by atoms with van der Waals surface area (Å²) in [7, 11) is 1.96. The Kier molecular flexibility index (Phi) is 5.21. The second kappa shape index (κ2) is 8.65. The van der Waals surface area contributed by atoms with Crippen LogP contribution >= 0.6 is 0 Å². The number of aromatic nitrogens is 3. The molecule has 7 rings (SSSR count). The molecule has 1 amide bonds. The summed E-state index contributed by atoms with van der Waals surface area (Å²) in [6, 6.07) is 14.7. The van der Waals surface area contributed by atoms with Crippen molar-refractivity contribution in [3.8, 4) is 16.9 Å². The number of anilines is 2. The molecule has 2 N–H and O–H groups in total. The van der Waals surface area contributed by atoms with Gasteiger partial charge in [-0.2, -0.15) is 5.10 Å². The van der Waals surface area contributed by atoms with Crippen LogP contribution in [-0.4, -0.2) is 26.9 Å². The molecule has 1 aliphatic heterocycles. The maximum absolute atomic E-state index is 13.3. The van der Waals surface area contributed by atoms with E-state index in [0.717, 1.165) is 70.9 Å². The molecular formula is C31H31N5O2. The first kappa shape index (κ1) is 22.9. The molecule has 0 spiro atoms. The van der Waals surface area contributed by atoms with E-state index < -0.39 is 0 Å². The number of hydrogen-bond donors (Lipinski definition) is 2. The zero-order chi connectivity index (χ0) is 26.0. The van der Waals surface area contributed by atoms with Crippen molar-refractivity contribution in [3.05, 3.63) is 71.0 Å². The molecule has 192 valence electrons. The Labute approximate surface area is 221 Å². The number of ether oxygens (including phenoxy) is 1. The van der Waals surface area contributed by atoms with Gasteiger partial charge in [-0.05, 0) is 79.8 Å². The highest BCUT2D eigenvalue weighted by Crippen LogP contribution is 2.47. The summed E-state index contributed by atoms with van der Waals surface area (Å²) in [6.07, 6.45) is 4.88. The summed E-state index contributed by atoms with van der Waals surface area (Å²) >= 11 is 0. The van der Waals surface area contributed by atoms with Gasteiger partial charge in [0.25, 0.3) is 5.91 Å². The van der Waals surface area contributed by atoms with Gasteiger partial charge in [0.15, 0.2) is 0 Å². The number of fused-ring (bicyclic) bond motifs is 10. The van der Waals surface area contributed by atoms with Crippen molar-refractivity contribution >= 4 is 39.1 Å². The third kappa shape index (κ3) is 3.34. The van der Waals surface area contributed by atoms with Gasteiger partial charge < -0.3 is 19.9 Å². The highest BCUT2D eigenvalue weighted by atomic mass is 16.5. The summed E-state index contributed by atoms with van der Waals surface area (Å²) in [5.41, 5.74) is 11.0. The summed E-state index contributed by atoms with van der Waals surface area (Å²) in [6.45, 7) is 6.35. The summed E-state index contributed by atoms with van der Waals surface area (Å²) in [5, 5.41) is 13.8. The van der Waals surface area contributed by atoms with Crippen molar-refractivity contribution in [1.29, 1.82) is 0 Å². The Balaban J connectivity index is 1.47. The molecular weight excluding hydrogens is 474 g/mol. The van der Waals surface area contributed by atoms with Gasteiger partial charge in [0.2, 0.25) is 0 Å². The van der Waals surface area contributed by atoms with E-state index in [0.29, 0.717) is 13.2 Å². The molecule has 0 fully saturated rings. The van der Waals surface area contributed by atoms with E-state index in [1.807, 2.05) is 42.9 Å². The van der Waals surface area contributed by atoms with Crippen molar-refractivity contribution in [2.24, 2.45) is 7.05 Å². The van der Waals surface area contributed by atoms with Gasteiger partial charge in [0.05, 0.1) is 23.4 Å². The van der Waals surface area contributed by atoms with Crippen molar-refractivity contribution in [1.82, 2.24) is 19.7 Å². The number of hydrogen-bond acceptors (Lipinski definition) is 4. The van der Waals surface area contributed by atoms with Crippen LogP contribution in [0.4, 0.5) is 11.4 Å². The van der Waals surface area contributed by atoms with E-state index in [1.54, 1.807) is 0 Å². The number of carbonyl (C=O) groups excluding carboxylic acids is 1. The van der Waals surface area contributed by atoms with Gasteiger partial charge in [-0.15, -0.1) is 0 Å². The molecule has 2 aliphatic rings. The normalized spacial score (nSPS) is 13.9. The van der Waals surface area contributed by atoms with E-state index in [9.17, 15) is 4.79 Å². The maximum atomic E-state index is 13.3. The van der Waals surface area contributed by atoms with Crippen LogP contribution in [-0.2, 0) is 33.0 Å². The molecule has 3 heterocycles. The molecule has 3 aromatic carbocycles. The fraction of sp³-hybridized carbons (Fsp3) is 0.290. The van der Waals surface area contributed by atoms with E-state index in [2.05, 4.69) is 46.5 Å². The molecule has 7 heteroatoms. The maximum Gasteiger partial charge on any atom is 0.252 e. The Hall–Kier alpha value is -4.26. The lowest BCUT2D eigenvalue weighted by Gasteiger charge is -2.21. The van der Waals surface area contributed by atoms with Crippen LogP contribution in [0.25, 0.3) is 32.9 Å². The third-order valence-electron chi connectivity index (χ3n) is 7.85. The SMILES string of the molecule is CCCn1c2ccc(Nc3ccc(OCC)cc3)cc2c2c3c(c4c(c21)CCc1nn(C)cc1-4)C(=O)NC3. The van der Waals surface area contributed by atoms with E-state index in [1.165, 1.54) is 27.4 Å². The predicted molar refractivity (Wildman–Crippen MR) is 151 cm³/mol. The Morgan fingerprint density at radius 3 is 2.63 bits per heavy atom. The molecule has 2 aromatic heterocycles. The van der Waals surface area contributed by atoms with Crippen LogP contribution in [0.15, 0.2) is 48.7 Å². The number of nitrogens with zero attached hydrogens (tertiary/aromatic N) is 3. The summed E-state index contributed by atoms with van der Waals surface area (Å²) in [4.78, 5) is 13.3. The monoisotopic (exact) mass is 505 g/mol. The smallest absolute Gasteiger partial charge is 0.252 e. The lowest BCUT2D eigenvalue weighted by molar-refractivity contribution is 0.0966. The standard InChI is InChI=1S/C31H31N5O2/c1-4-14-36-26-13-8-19(33-18-6-9-20(10-7-18)38-5-2)15-22(26)28-23-16-32-31(37)29(23)27-21(30(28)36)11-12-25-24(27)17-35(3)34-25/h6-10,13,15,17,33H,4-5,11-12,14,16H2,1-3H3,(H,32,37). The molecule has 0 atom stereocenters. The zero-order valence-corrected chi connectivity index (χ0v) is 22.0. The third-order valence-corrected chi connectivity index (χ3v) is 7.85. The summed E-state index contributed by atoms with van der Waals surface area (Å²) in [5.74, 6) is 0.889. The quantitative estimate of drug-likeness (QED) is 0.293. The number of benzene rings is 3. The number of nitrogens with one attached hydrogen (secondary N) is 2. The second-order valence-electron chi connectivity index (χ2n) is 10.2. The van der Waals surface area contributed by atoms with Gasteiger partial charge in [-0.3, -0.25) is 9.48 Å². The lowest BCUT2D eigenvalue weighted by atomic mass is 9.82. The van der Waals surface area contributed by atoms with Crippen LogP contribution in [0.2, 0.25) is 0 Å². The van der Waals surface area contributed by atoms with Gasteiger partial charge in [0.1, 0.15) is 5.75 Å². The largest absolute Gasteiger partial charge is 0.494 e. The molecule has 0 bridgehead atoms. The number of carbonyl (C=O) groups is 1. The molecule has 38 heavy (non-hydrogen) atoms. The van der Waals surface area contributed by atoms with Crippen LogP contribution < -0.4 is 15.4 Å². The topological polar surface area (TPSA) is 73.1 Å². The molecule has 0 unspecified atom stereocenters. The van der Waals surface area contributed by atoms with Gasteiger partial charge in [-0.25, -0.2) is 0 Å². The van der Waals surface area contributed by atoms with Crippen LogP contribution in [0.5, 0.6) is 5.75 Å². The van der Waals surface area contributed by atoms with E-state index >= 15 is 0 Å². The molecule has 5 aromatic rings. The zero-order valence-electron chi connectivity index (χ0n) is 22.0. The Morgan fingerprint density at radius 2 is 1.84 bits per heavy atom. The van der Waals surface area contributed by atoms with E-state index in [4.69, 9.17) is 9.84 Å². The average molecular weight is 506 g/mol. The van der Waals surface area contributed by atoms with Crippen LogP contribution in [0.3, 0.4) is 0 Å². The minimum Gasteiger partial charge on any atom is -0.494 e. The number of amides is 1. The van der Waals surface area contributed by atoms with Crippen molar-refractivity contribution < 1.29 is 9.53 Å². The molecule has 1 aliphatic carbocycles. The molecule has 0 saturated heterocycles. The van der Waals surface area contributed by atoms with Crippen LogP contribution in [0.1, 0.15) is 47.4 Å². The highest BCUT2D eigenvalue weighted by Gasteiger charge is 2.35. The second-order valence-corrected chi connectivity index (χ2v) is 10.2. The van der Waals surface area contributed by atoms with Gasteiger partial charge in [0, 0.05) is 65.1 Å². The van der Waals surface area contributed by atoms with Gasteiger partial charge in [-0.1, -0.05) is 6.92 Å². The fourth-order valence-electron chi connectivity index (χ4n) is 6.42. The van der Waals surface area contributed by atoms with Crippen molar-refractivity contribution in [2.75, 3.05) is 11.9 Å². The number of aryl methyl sites for hydroxylation is 4. The van der Waals surface area contributed by atoms with Crippen molar-refractivity contribution in [2.45, 2.75) is 46.2 Å². The first-order chi connectivity index (χ1) is 18.6. The average Bonchev–Trinajstić information content (AvgIpc) is 3.58. The first-order valence-corrected chi connectivity index (χ1v) is 13.5. The minimum atomic E-state index is 0.0231. The summed E-state index contributed by atoms with van der Waals surface area (Å²) < 4.78 is 9.95. The highest BCUT2D eigenvalue weighted by molar-refractivity contribution is 6.20. The molecule has 0 radical (unpaired) electrons. The first-order valence-electron chi connectivity index (χ1n) is 13.5. The molecule has 7 nitrogen and oxygen atoms in total. The predicted octanol–water partition coefficient (Wildman–Crippen LogP) is 6.09. The van der Waals surface area contributed by atoms with E-state index in [-0.39, 0.29) is 5.91 Å². The van der Waals surface area contributed by atoms with Crippen LogP contribution in [0, 0.1) is 0 Å². The van der Waals surface area contributed by atoms with Gasteiger partial charge >= 0.3 is 0 Å².